The standard InChI is InChI=1S/C11H17N3O3/c1-9(3-6-15)7-13-10(16)8-14-5-2-4-12-11(14)17/h2,4-5,9,15H,3,6-8H2,1H3,(H,13,16). The maximum atomic E-state index is 11.5. The minimum absolute atomic E-state index is 0.0292. The van der Waals surface area contributed by atoms with E-state index in [2.05, 4.69) is 10.3 Å². The molecule has 0 saturated heterocycles. The fourth-order valence-electron chi connectivity index (χ4n) is 1.33. The van der Waals surface area contributed by atoms with E-state index in [-0.39, 0.29) is 25.0 Å². The van der Waals surface area contributed by atoms with Gasteiger partial charge in [-0.25, -0.2) is 9.78 Å². The van der Waals surface area contributed by atoms with E-state index in [1.807, 2.05) is 6.92 Å². The lowest BCUT2D eigenvalue weighted by molar-refractivity contribution is -0.121. The lowest BCUT2D eigenvalue weighted by Crippen LogP contribution is -2.35. The summed E-state index contributed by atoms with van der Waals surface area (Å²) >= 11 is 0. The van der Waals surface area contributed by atoms with E-state index >= 15 is 0 Å². The molecule has 1 aromatic heterocycles. The maximum absolute atomic E-state index is 11.5. The second kappa shape index (κ2) is 6.80. The molecular formula is C11H17N3O3. The molecule has 2 N–H and O–H groups in total. The molecule has 0 spiro atoms. The van der Waals surface area contributed by atoms with Crippen LogP contribution in [-0.2, 0) is 11.3 Å². The molecule has 1 atom stereocenters. The molecule has 1 aromatic rings. The van der Waals surface area contributed by atoms with Crippen LogP contribution in [0.4, 0.5) is 0 Å². The Hall–Kier alpha value is -1.69. The molecular weight excluding hydrogens is 222 g/mol. The van der Waals surface area contributed by atoms with E-state index < -0.39 is 5.69 Å². The summed E-state index contributed by atoms with van der Waals surface area (Å²) in [6, 6.07) is 1.60. The molecule has 0 aliphatic carbocycles. The number of nitrogens with zero attached hydrogens (tertiary/aromatic N) is 2. The van der Waals surface area contributed by atoms with Crippen LogP contribution in [0.3, 0.4) is 0 Å². The van der Waals surface area contributed by atoms with E-state index in [0.717, 1.165) is 0 Å². The average Bonchev–Trinajstić information content (AvgIpc) is 2.30. The van der Waals surface area contributed by atoms with Crippen LogP contribution >= 0.6 is 0 Å². The number of carbonyl (C=O) groups excluding carboxylic acids is 1. The van der Waals surface area contributed by atoms with E-state index in [0.29, 0.717) is 13.0 Å². The number of amides is 1. The second-order valence-corrected chi connectivity index (χ2v) is 3.95. The molecule has 17 heavy (non-hydrogen) atoms. The predicted octanol–water partition coefficient (Wildman–Crippen LogP) is -0.622. The van der Waals surface area contributed by atoms with Crippen molar-refractivity contribution in [3.05, 3.63) is 28.9 Å². The Morgan fingerprint density at radius 1 is 1.65 bits per heavy atom. The minimum Gasteiger partial charge on any atom is -0.396 e. The first-order chi connectivity index (χ1) is 8.13. The lowest BCUT2D eigenvalue weighted by atomic mass is 10.1. The Kier molecular flexibility index (Phi) is 5.35. The van der Waals surface area contributed by atoms with Crippen molar-refractivity contribution in [3.63, 3.8) is 0 Å². The molecule has 0 aromatic carbocycles. The summed E-state index contributed by atoms with van der Waals surface area (Å²) in [7, 11) is 0. The third kappa shape index (κ3) is 4.78. The van der Waals surface area contributed by atoms with Crippen LogP contribution in [0.1, 0.15) is 13.3 Å². The molecule has 0 bridgehead atoms. The van der Waals surface area contributed by atoms with Crippen molar-refractivity contribution in [2.24, 2.45) is 5.92 Å². The monoisotopic (exact) mass is 239 g/mol. The van der Waals surface area contributed by atoms with Gasteiger partial charge < -0.3 is 10.4 Å². The fourth-order valence-corrected chi connectivity index (χ4v) is 1.33. The highest BCUT2D eigenvalue weighted by Gasteiger charge is 2.06. The lowest BCUT2D eigenvalue weighted by Gasteiger charge is -2.11. The average molecular weight is 239 g/mol. The number of hydrogen-bond donors (Lipinski definition) is 2. The highest BCUT2D eigenvalue weighted by Crippen LogP contribution is 1.97. The summed E-state index contributed by atoms with van der Waals surface area (Å²) in [5.74, 6) is -0.0144. The van der Waals surface area contributed by atoms with Crippen molar-refractivity contribution >= 4 is 5.91 Å². The summed E-state index contributed by atoms with van der Waals surface area (Å²) in [5, 5.41) is 11.4. The Bertz CT molecular complexity index is 416. The quantitative estimate of drug-likeness (QED) is 0.693. The van der Waals surface area contributed by atoms with Gasteiger partial charge in [0.25, 0.3) is 0 Å². The van der Waals surface area contributed by atoms with Crippen LogP contribution in [0.25, 0.3) is 0 Å². The number of hydrogen-bond acceptors (Lipinski definition) is 4. The maximum Gasteiger partial charge on any atom is 0.347 e. The summed E-state index contributed by atoms with van der Waals surface area (Å²) in [6.45, 7) is 2.51. The molecule has 1 amide bonds. The molecule has 1 rings (SSSR count). The van der Waals surface area contributed by atoms with Crippen molar-refractivity contribution in [1.29, 1.82) is 0 Å². The normalized spacial score (nSPS) is 12.1. The van der Waals surface area contributed by atoms with E-state index in [1.54, 1.807) is 6.07 Å². The molecule has 0 saturated carbocycles. The Morgan fingerprint density at radius 3 is 3.06 bits per heavy atom. The van der Waals surface area contributed by atoms with Crippen LogP contribution in [0.15, 0.2) is 23.3 Å². The third-order valence-electron chi connectivity index (χ3n) is 2.37. The molecule has 1 unspecified atom stereocenters. The number of aromatic nitrogens is 2. The van der Waals surface area contributed by atoms with Crippen LogP contribution in [0.5, 0.6) is 0 Å². The van der Waals surface area contributed by atoms with Gasteiger partial charge in [-0.3, -0.25) is 9.36 Å². The SMILES string of the molecule is CC(CCO)CNC(=O)Cn1cccnc1=O. The minimum atomic E-state index is -0.439. The predicted molar refractivity (Wildman–Crippen MR) is 62.4 cm³/mol. The van der Waals surface area contributed by atoms with Gasteiger partial charge in [-0.2, -0.15) is 0 Å². The highest BCUT2D eigenvalue weighted by molar-refractivity contribution is 5.75. The highest BCUT2D eigenvalue weighted by atomic mass is 16.3. The largest absolute Gasteiger partial charge is 0.396 e. The zero-order valence-corrected chi connectivity index (χ0v) is 9.80. The van der Waals surface area contributed by atoms with Crippen LogP contribution in [0, 0.1) is 5.92 Å². The van der Waals surface area contributed by atoms with E-state index in [4.69, 9.17) is 5.11 Å². The van der Waals surface area contributed by atoms with Crippen LogP contribution in [0.2, 0.25) is 0 Å². The van der Waals surface area contributed by atoms with Crippen LogP contribution in [-0.4, -0.2) is 33.7 Å². The number of carbonyl (C=O) groups is 1. The van der Waals surface area contributed by atoms with Gasteiger partial charge in [0, 0.05) is 25.5 Å². The summed E-state index contributed by atoms with van der Waals surface area (Å²) in [6.07, 6.45) is 3.55. The first-order valence-electron chi connectivity index (χ1n) is 5.52. The molecule has 0 aliphatic heterocycles. The zero-order chi connectivity index (χ0) is 12.7. The number of nitrogens with one attached hydrogen (secondary N) is 1. The molecule has 0 fully saturated rings. The number of aliphatic hydroxyl groups excluding tert-OH is 1. The zero-order valence-electron chi connectivity index (χ0n) is 9.80. The van der Waals surface area contributed by atoms with Crippen molar-refractivity contribution in [1.82, 2.24) is 14.9 Å². The molecule has 0 radical (unpaired) electrons. The van der Waals surface area contributed by atoms with E-state index in [1.165, 1.54) is 17.0 Å². The Labute approximate surface area is 99.3 Å². The van der Waals surface area contributed by atoms with Crippen LogP contribution < -0.4 is 11.0 Å². The van der Waals surface area contributed by atoms with Gasteiger partial charge in [0.2, 0.25) is 5.91 Å². The van der Waals surface area contributed by atoms with Gasteiger partial charge in [-0.15, -0.1) is 0 Å². The van der Waals surface area contributed by atoms with Gasteiger partial charge >= 0.3 is 5.69 Å². The number of aliphatic hydroxyl groups is 1. The van der Waals surface area contributed by atoms with Crippen molar-refractivity contribution in [2.75, 3.05) is 13.2 Å². The van der Waals surface area contributed by atoms with Crippen molar-refractivity contribution in [2.45, 2.75) is 19.9 Å². The van der Waals surface area contributed by atoms with Gasteiger partial charge in [-0.1, -0.05) is 6.92 Å². The molecule has 94 valence electrons. The molecule has 0 aliphatic rings. The fraction of sp³-hybridized carbons (Fsp3) is 0.545. The summed E-state index contributed by atoms with van der Waals surface area (Å²) < 4.78 is 1.24. The molecule has 1 heterocycles. The summed E-state index contributed by atoms with van der Waals surface area (Å²) in [5.41, 5.74) is -0.439. The Morgan fingerprint density at radius 2 is 2.41 bits per heavy atom. The Balaban J connectivity index is 2.40. The third-order valence-corrected chi connectivity index (χ3v) is 2.37. The van der Waals surface area contributed by atoms with E-state index in [9.17, 15) is 9.59 Å². The first-order valence-corrected chi connectivity index (χ1v) is 5.52. The summed E-state index contributed by atoms with van der Waals surface area (Å²) in [4.78, 5) is 26.3. The van der Waals surface area contributed by atoms with Crippen molar-refractivity contribution in [3.8, 4) is 0 Å². The second-order valence-electron chi connectivity index (χ2n) is 3.95. The van der Waals surface area contributed by atoms with Gasteiger partial charge in [0.15, 0.2) is 0 Å². The molecule has 6 heteroatoms. The van der Waals surface area contributed by atoms with Gasteiger partial charge in [-0.05, 0) is 18.4 Å². The van der Waals surface area contributed by atoms with Gasteiger partial charge in [0.1, 0.15) is 6.54 Å². The van der Waals surface area contributed by atoms with Gasteiger partial charge in [0.05, 0.1) is 0 Å². The topological polar surface area (TPSA) is 84.2 Å². The van der Waals surface area contributed by atoms with Crippen molar-refractivity contribution < 1.29 is 9.90 Å². The first kappa shape index (κ1) is 13.4. The number of rotatable bonds is 6. The smallest absolute Gasteiger partial charge is 0.347 e. The molecule has 6 nitrogen and oxygen atoms in total.